The van der Waals surface area contributed by atoms with Crippen LogP contribution in [0.15, 0.2) is 79.0 Å². The van der Waals surface area contributed by atoms with Crippen LogP contribution in [0.4, 0.5) is 5.95 Å². The Hall–Kier alpha value is -3.41. The Bertz CT molecular complexity index is 1410. The molecule has 0 unspecified atom stereocenters. The summed E-state index contributed by atoms with van der Waals surface area (Å²) < 4.78 is 0. The molecule has 0 radical (unpaired) electrons. The van der Waals surface area contributed by atoms with E-state index in [4.69, 9.17) is 28.2 Å². The van der Waals surface area contributed by atoms with Crippen molar-refractivity contribution in [3.63, 3.8) is 0 Å². The maximum atomic E-state index is 13.3. The van der Waals surface area contributed by atoms with Gasteiger partial charge in [0.25, 0.3) is 5.91 Å². The Morgan fingerprint density at radius 2 is 1.68 bits per heavy atom. The number of nitrogens with zero attached hydrogens (tertiary/aromatic N) is 3. The maximum absolute atomic E-state index is 13.3. The minimum absolute atomic E-state index is 0.179. The Labute approximate surface area is 233 Å². The Morgan fingerprint density at radius 1 is 0.974 bits per heavy atom. The van der Waals surface area contributed by atoms with Crippen molar-refractivity contribution >= 4 is 35.1 Å². The van der Waals surface area contributed by atoms with Gasteiger partial charge in [-0.2, -0.15) is 0 Å². The fourth-order valence-corrected chi connectivity index (χ4v) is 5.24. The van der Waals surface area contributed by atoms with Crippen molar-refractivity contribution in [2.45, 2.75) is 45.2 Å². The fourth-order valence-electron chi connectivity index (χ4n) is 4.99. The monoisotopic (exact) mass is 544 g/mol. The number of anilines is 1. The normalized spacial score (nSPS) is 15.0. The van der Waals surface area contributed by atoms with Crippen LogP contribution >= 0.6 is 23.2 Å². The summed E-state index contributed by atoms with van der Waals surface area (Å²) in [4.78, 5) is 25.2. The van der Waals surface area contributed by atoms with Gasteiger partial charge in [-0.3, -0.25) is 4.79 Å². The van der Waals surface area contributed by atoms with Crippen LogP contribution in [0.5, 0.6) is 0 Å². The number of carbonyl (C=O) groups excluding carboxylic acids is 1. The summed E-state index contributed by atoms with van der Waals surface area (Å²) in [6.45, 7) is 3.38. The lowest BCUT2D eigenvalue weighted by atomic mass is 10.0. The molecule has 3 aromatic carbocycles. The molecule has 0 saturated carbocycles. The number of nitrogens with one attached hydrogen (secondary N) is 1. The number of hydrogen-bond donors (Lipinski definition) is 1. The second kappa shape index (κ2) is 12.0. The predicted octanol–water partition coefficient (Wildman–Crippen LogP) is 7.15. The second-order valence-corrected chi connectivity index (χ2v) is 10.5. The predicted molar refractivity (Wildman–Crippen MR) is 154 cm³/mol. The van der Waals surface area contributed by atoms with E-state index in [1.807, 2.05) is 42.5 Å². The summed E-state index contributed by atoms with van der Waals surface area (Å²) >= 11 is 12.1. The number of hydrogen-bond acceptors (Lipinski definition) is 4. The molecule has 38 heavy (non-hydrogen) atoms. The van der Waals surface area contributed by atoms with E-state index in [2.05, 4.69) is 52.5 Å². The first kappa shape index (κ1) is 26.2. The van der Waals surface area contributed by atoms with E-state index >= 15 is 0 Å². The first-order chi connectivity index (χ1) is 18.5. The highest BCUT2D eigenvalue weighted by Gasteiger charge is 2.29. The van der Waals surface area contributed by atoms with Crippen molar-refractivity contribution in [3.8, 4) is 0 Å². The van der Waals surface area contributed by atoms with Gasteiger partial charge in [-0.05, 0) is 79.1 Å². The van der Waals surface area contributed by atoms with Gasteiger partial charge in [0.05, 0.1) is 17.3 Å². The highest BCUT2D eigenvalue weighted by Crippen LogP contribution is 2.35. The van der Waals surface area contributed by atoms with Crippen LogP contribution < -0.4 is 10.2 Å². The summed E-state index contributed by atoms with van der Waals surface area (Å²) in [5, 5.41) is 4.42. The minimum Gasteiger partial charge on any atom is -0.348 e. The van der Waals surface area contributed by atoms with Gasteiger partial charge in [0, 0.05) is 29.3 Å². The highest BCUT2D eigenvalue weighted by molar-refractivity contribution is 6.30. The van der Waals surface area contributed by atoms with Crippen molar-refractivity contribution in [2.75, 3.05) is 11.4 Å². The SMILES string of the molecule is Cc1ccccc1CCc1nc(N2CCC[C@H]2c2ccc(Cl)cc2)ncc1C(=O)NCc1ccc(Cl)cc1. The molecule has 1 aromatic heterocycles. The van der Waals surface area contributed by atoms with Gasteiger partial charge in [-0.15, -0.1) is 0 Å². The third-order valence-electron chi connectivity index (χ3n) is 7.12. The van der Waals surface area contributed by atoms with Crippen LogP contribution in [0.3, 0.4) is 0 Å². The van der Waals surface area contributed by atoms with E-state index < -0.39 is 0 Å². The average molecular weight is 546 g/mol. The molecule has 1 aliphatic heterocycles. The van der Waals surface area contributed by atoms with Gasteiger partial charge in [0.2, 0.25) is 5.95 Å². The molecule has 2 heterocycles. The molecule has 1 aliphatic rings. The molecule has 0 bridgehead atoms. The Morgan fingerprint density at radius 3 is 2.42 bits per heavy atom. The summed E-state index contributed by atoms with van der Waals surface area (Å²) in [6, 6.07) is 24.0. The molecule has 4 aromatic rings. The second-order valence-electron chi connectivity index (χ2n) is 9.67. The molecular weight excluding hydrogens is 515 g/mol. The summed E-state index contributed by atoms with van der Waals surface area (Å²) in [5.41, 5.74) is 5.93. The third-order valence-corrected chi connectivity index (χ3v) is 7.63. The zero-order valence-corrected chi connectivity index (χ0v) is 22.8. The Kier molecular flexibility index (Phi) is 8.26. The molecule has 0 spiro atoms. The van der Waals surface area contributed by atoms with Crippen LogP contribution in [0.1, 0.15) is 57.2 Å². The van der Waals surface area contributed by atoms with Crippen molar-refractivity contribution in [1.82, 2.24) is 15.3 Å². The Balaban J connectivity index is 1.41. The van der Waals surface area contributed by atoms with Crippen LogP contribution in [0, 0.1) is 6.92 Å². The van der Waals surface area contributed by atoms with Crippen molar-refractivity contribution in [2.24, 2.45) is 0 Å². The van der Waals surface area contributed by atoms with Crippen molar-refractivity contribution < 1.29 is 4.79 Å². The first-order valence-corrected chi connectivity index (χ1v) is 13.7. The van der Waals surface area contributed by atoms with Gasteiger partial charge >= 0.3 is 0 Å². The third kappa shape index (κ3) is 6.17. The number of amides is 1. The molecule has 1 N–H and O–H groups in total. The van der Waals surface area contributed by atoms with Crippen molar-refractivity contribution in [3.05, 3.63) is 123 Å². The topological polar surface area (TPSA) is 58.1 Å². The number of aryl methyl sites for hydroxylation is 3. The van der Waals surface area contributed by atoms with E-state index in [9.17, 15) is 4.79 Å². The zero-order valence-electron chi connectivity index (χ0n) is 21.3. The van der Waals surface area contributed by atoms with Gasteiger partial charge in [0.15, 0.2) is 0 Å². The van der Waals surface area contributed by atoms with E-state index in [1.165, 1.54) is 16.7 Å². The minimum atomic E-state index is -0.179. The van der Waals surface area contributed by atoms with E-state index in [-0.39, 0.29) is 11.9 Å². The van der Waals surface area contributed by atoms with Crippen LogP contribution in [-0.4, -0.2) is 22.4 Å². The quantitative estimate of drug-likeness (QED) is 0.256. The number of aromatic nitrogens is 2. The van der Waals surface area contributed by atoms with Gasteiger partial charge < -0.3 is 10.2 Å². The van der Waals surface area contributed by atoms with Gasteiger partial charge in [0.1, 0.15) is 0 Å². The van der Waals surface area contributed by atoms with Gasteiger partial charge in [-0.1, -0.05) is 71.7 Å². The van der Waals surface area contributed by atoms with E-state index in [0.717, 1.165) is 42.1 Å². The average Bonchev–Trinajstić information content (AvgIpc) is 3.42. The number of benzene rings is 3. The largest absolute Gasteiger partial charge is 0.348 e. The van der Waals surface area contributed by atoms with E-state index in [1.54, 1.807) is 6.20 Å². The summed E-state index contributed by atoms with van der Waals surface area (Å²) in [5.74, 6) is 0.485. The molecule has 1 atom stereocenters. The number of halogens is 2. The summed E-state index contributed by atoms with van der Waals surface area (Å²) in [6.07, 6.45) is 5.19. The number of rotatable bonds is 8. The van der Waals surface area contributed by atoms with E-state index in [0.29, 0.717) is 29.5 Å². The molecule has 5 rings (SSSR count). The highest BCUT2D eigenvalue weighted by atomic mass is 35.5. The van der Waals surface area contributed by atoms with Crippen LogP contribution in [-0.2, 0) is 19.4 Å². The summed E-state index contributed by atoms with van der Waals surface area (Å²) in [7, 11) is 0. The fraction of sp³-hybridized carbons (Fsp3) is 0.258. The molecule has 1 saturated heterocycles. The lowest BCUT2D eigenvalue weighted by Crippen LogP contribution is -2.28. The zero-order chi connectivity index (χ0) is 26.5. The van der Waals surface area contributed by atoms with Gasteiger partial charge in [-0.25, -0.2) is 9.97 Å². The molecule has 1 amide bonds. The lowest BCUT2D eigenvalue weighted by molar-refractivity contribution is 0.0949. The molecular formula is C31H30Cl2N4O. The standard InChI is InChI=1S/C31H30Cl2N4O/c1-21-5-2-3-6-23(21)12-17-28-27(30(38)34-19-22-8-13-25(32)14-9-22)20-35-31(36-28)37-18-4-7-29(37)24-10-15-26(33)16-11-24/h2-3,5-6,8-11,13-16,20,29H,4,7,12,17-19H2,1H3,(H,34,38)/t29-/m0/s1. The van der Waals surface area contributed by atoms with Crippen LogP contribution in [0.25, 0.3) is 0 Å². The molecule has 0 aliphatic carbocycles. The molecule has 1 fully saturated rings. The molecule has 7 heteroatoms. The number of carbonyl (C=O) groups is 1. The maximum Gasteiger partial charge on any atom is 0.254 e. The lowest BCUT2D eigenvalue weighted by Gasteiger charge is -2.26. The first-order valence-electron chi connectivity index (χ1n) is 12.9. The molecule has 194 valence electrons. The van der Waals surface area contributed by atoms with Crippen molar-refractivity contribution in [1.29, 1.82) is 0 Å². The smallest absolute Gasteiger partial charge is 0.254 e. The molecule has 5 nitrogen and oxygen atoms in total. The van der Waals surface area contributed by atoms with Crippen LogP contribution in [0.2, 0.25) is 10.0 Å².